The van der Waals surface area contributed by atoms with Crippen LogP contribution in [0.15, 0.2) is 53.1 Å². The highest BCUT2D eigenvalue weighted by Crippen LogP contribution is 2.20. The molecule has 2 heterocycles. The number of hydrogen-bond donors (Lipinski definition) is 1. The lowest BCUT2D eigenvalue weighted by Crippen LogP contribution is -2.16. The van der Waals surface area contributed by atoms with Gasteiger partial charge in [0.1, 0.15) is 0 Å². The average Bonchev–Trinajstić information content (AvgIpc) is 3.36. The van der Waals surface area contributed by atoms with E-state index < -0.39 is 0 Å². The number of carbonyl (C=O) groups is 1. The Morgan fingerprint density at radius 3 is 2.62 bits per heavy atom. The van der Waals surface area contributed by atoms with Gasteiger partial charge >= 0.3 is 0 Å². The molecule has 29 heavy (non-hydrogen) atoms. The molecule has 0 radical (unpaired) electrons. The van der Waals surface area contributed by atoms with E-state index in [4.69, 9.17) is 4.52 Å². The van der Waals surface area contributed by atoms with E-state index in [1.54, 1.807) is 0 Å². The van der Waals surface area contributed by atoms with Crippen LogP contribution >= 0.6 is 0 Å². The van der Waals surface area contributed by atoms with Crippen molar-refractivity contribution in [2.45, 2.75) is 39.7 Å². The summed E-state index contributed by atoms with van der Waals surface area (Å²) in [5.74, 6) is 1.40. The Hall–Kier alpha value is -3.48. The van der Waals surface area contributed by atoms with Gasteiger partial charge in [-0.2, -0.15) is 4.98 Å². The van der Waals surface area contributed by atoms with Crippen molar-refractivity contribution in [2.24, 2.45) is 0 Å². The zero-order valence-corrected chi connectivity index (χ0v) is 16.6. The number of benzene rings is 2. The van der Waals surface area contributed by atoms with Crippen molar-refractivity contribution in [1.82, 2.24) is 19.7 Å². The number of rotatable bonds is 7. The van der Waals surface area contributed by atoms with Gasteiger partial charge in [0.2, 0.25) is 23.6 Å². The van der Waals surface area contributed by atoms with Crippen molar-refractivity contribution in [3.05, 3.63) is 60.0 Å². The Kier molecular flexibility index (Phi) is 5.37. The van der Waals surface area contributed by atoms with Gasteiger partial charge in [0.15, 0.2) is 0 Å². The minimum absolute atomic E-state index is 0.137. The third-order valence-corrected chi connectivity index (χ3v) is 4.88. The van der Waals surface area contributed by atoms with E-state index in [9.17, 15) is 4.79 Å². The molecule has 4 aromatic rings. The summed E-state index contributed by atoms with van der Waals surface area (Å²) in [6, 6.07) is 15.9. The van der Waals surface area contributed by atoms with Crippen LogP contribution in [0.4, 0.5) is 5.95 Å². The maximum Gasteiger partial charge on any atom is 0.227 e. The Morgan fingerprint density at radius 1 is 1.07 bits per heavy atom. The summed E-state index contributed by atoms with van der Waals surface area (Å²) in [6.45, 7) is 4.86. The van der Waals surface area contributed by atoms with Gasteiger partial charge in [-0.05, 0) is 31.0 Å². The molecule has 2 aromatic heterocycles. The van der Waals surface area contributed by atoms with Crippen LogP contribution in [-0.4, -0.2) is 25.6 Å². The molecule has 0 fully saturated rings. The van der Waals surface area contributed by atoms with E-state index >= 15 is 0 Å². The van der Waals surface area contributed by atoms with Crippen LogP contribution in [0.2, 0.25) is 0 Å². The smallest absolute Gasteiger partial charge is 0.227 e. The molecule has 0 saturated heterocycles. The van der Waals surface area contributed by atoms with E-state index in [2.05, 4.69) is 39.5 Å². The Morgan fingerprint density at radius 2 is 1.86 bits per heavy atom. The molecule has 7 heteroatoms. The summed E-state index contributed by atoms with van der Waals surface area (Å²) < 4.78 is 7.29. The van der Waals surface area contributed by atoms with Crippen molar-refractivity contribution in [2.75, 3.05) is 5.32 Å². The molecule has 0 aliphatic carbocycles. The number of hydrogen-bond acceptors (Lipinski definition) is 5. The molecule has 1 N–H and O–H groups in total. The number of amides is 1. The van der Waals surface area contributed by atoms with Crippen LogP contribution in [0.25, 0.3) is 22.4 Å². The second-order valence-corrected chi connectivity index (χ2v) is 6.78. The van der Waals surface area contributed by atoms with Crippen molar-refractivity contribution in [1.29, 1.82) is 0 Å². The first-order chi connectivity index (χ1) is 14.2. The number of para-hydroxylation sites is 2. The maximum absolute atomic E-state index is 12.4. The van der Waals surface area contributed by atoms with Crippen LogP contribution in [-0.2, 0) is 24.2 Å². The Balaban J connectivity index is 1.39. The normalized spacial score (nSPS) is 11.1. The molecule has 0 unspecified atom stereocenters. The predicted molar refractivity (Wildman–Crippen MR) is 111 cm³/mol. The quantitative estimate of drug-likeness (QED) is 0.511. The topological polar surface area (TPSA) is 85.8 Å². The predicted octanol–water partition coefficient (Wildman–Crippen LogP) is 4.24. The first-order valence-corrected chi connectivity index (χ1v) is 9.85. The molecule has 0 saturated carbocycles. The summed E-state index contributed by atoms with van der Waals surface area (Å²) >= 11 is 0. The van der Waals surface area contributed by atoms with Crippen LogP contribution in [0.5, 0.6) is 0 Å². The average molecular weight is 389 g/mol. The molecule has 1 amide bonds. The summed E-state index contributed by atoms with van der Waals surface area (Å²) in [5, 5.41) is 6.92. The number of fused-ring (bicyclic) bond motifs is 1. The van der Waals surface area contributed by atoms with Gasteiger partial charge in [-0.3, -0.25) is 10.1 Å². The molecule has 7 nitrogen and oxygen atoms in total. The molecule has 148 valence electrons. The molecule has 4 rings (SSSR count). The number of aryl methyl sites for hydroxylation is 3. The minimum Gasteiger partial charge on any atom is -0.339 e. The lowest BCUT2D eigenvalue weighted by Gasteiger charge is -2.06. The van der Waals surface area contributed by atoms with Crippen LogP contribution in [0.1, 0.15) is 31.7 Å². The highest BCUT2D eigenvalue weighted by molar-refractivity contribution is 5.91. The number of anilines is 1. The van der Waals surface area contributed by atoms with Crippen LogP contribution in [0.3, 0.4) is 0 Å². The zero-order chi connectivity index (χ0) is 20.2. The van der Waals surface area contributed by atoms with E-state index in [1.165, 1.54) is 5.56 Å². The van der Waals surface area contributed by atoms with Crippen molar-refractivity contribution in [3.8, 4) is 11.4 Å². The summed E-state index contributed by atoms with van der Waals surface area (Å²) in [7, 11) is 0. The van der Waals surface area contributed by atoms with Gasteiger partial charge in [-0.25, -0.2) is 4.98 Å². The maximum atomic E-state index is 12.4. The van der Waals surface area contributed by atoms with E-state index in [0.29, 0.717) is 24.1 Å². The van der Waals surface area contributed by atoms with Gasteiger partial charge in [0.25, 0.3) is 0 Å². The standard InChI is InChI=1S/C22H23N5O2/c1-3-15-9-11-16(12-10-15)21-25-20(29-26-21)14-13-19(28)24-22-23-17-7-5-6-8-18(17)27(22)4-2/h5-12H,3-4,13-14H2,1-2H3,(H,23,24,28). The van der Waals surface area contributed by atoms with E-state index in [1.807, 2.05) is 47.9 Å². The highest BCUT2D eigenvalue weighted by atomic mass is 16.5. The van der Waals surface area contributed by atoms with Crippen molar-refractivity contribution >= 4 is 22.9 Å². The number of nitrogens with one attached hydrogen (secondary N) is 1. The molecule has 0 spiro atoms. The van der Waals surface area contributed by atoms with Gasteiger partial charge in [-0.1, -0.05) is 48.5 Å². The SMILES string of the molecule is CCc1ccc(-c2noc(CCC(=O)Nc3nc4ccccc4n3CC)n2)cc1. The summed E-state index contributed by atoms with van der Waals surface area (Å²) in [5.41, 5.74) is 4.02. The monoisotopic (exact) mass is 389 g/mol. The minimum atomic E-state index is -0.137. The Bertz CT molecular complexity index is 1130. The molecule has 0 aliphatic rings. The molecular formula is C22H23N5O2. The fraction of sp³-hybridized carbons (Fsp3) is 0.273. The summed E-state index contributed by atoms with van der Waals surface area (Å²) in [4.78, 5) is 21.3. The number of nitrogens with zero attached hydrogens (tertiary/aromatic N) is 4. The lowest BCUT2D eigenvalue weighted by molar-refractivity contribution is -0.116. The lowest BCUT2D eigenvalue weighted by atomic mass is 10.1. The summed E-state index contributed by atoms with van der Waals surface area (Å²) in [6.07, 6.45) is 1.60. The van der Waals surface area contributed by atoms with Crippen LogP contribution < -0.4 is 5.32 Å². The molecule has 0 atom stereocenters. The largest absolute Gasteiger partial charge is 0.339 e. The third-order valence-electron chi connectivity index (χ3n) is 4.88. The van der Waals surface area contributed by atoms with E-state index in [-0.39, 0.29) is 12.3 Å². The van der Waals surface area contributed by atoms with Crippen molar-refractivity contribution in [3.63, 3.8) is 0 Å². The Labute approximate surface area is 168 Å². The highest BCUT2D eigenvalue weighted by Gasteiger charge is 2.14. The molecule has 0 aliphatic heterocycles. The molecular weight excluding hydrogens is 366 g/mol. The van der Waals surface area contributed by atoms with Gasteiger partial charge in [0, 0.05) is 24.9 Å². The zero-order valence-electron chi connectivity index (χ0n) is 16.6. The van der Waals surface area contributed by atoms with Crippen LogP contribution in [0, 0.1) is 0 Å². The van der Waals surface area contributed by atoms with E-state index in [0.717, 1.165) is 29.6 Å². The van der Waals surface area contributed by atoms with Gasteiger partial charge in [-0.15, -0.1) is 0 Å². The number of carbonyl (C=O) groups excluding carboxylic acids is 1. The number of imidazole rings is 1. The first kappa shape index (κ1) is 18.9. The first-order valence-electron chi connectivity index (χ1n) is 9.85. The second kappa shape index (κ2) is 8.26. The molecule has 0 bridgehead atoms. The number of aromatic nitrogens is 4. The fourth-order valence-corrected chi connectivity index (χ4v) is 3.26. The van der Waals surface area contributed by atoms with Gasteiger partial charge < -0.3 is 9.09 Å². The van der Waals surface area contributed by atoms with Gasteiger partial charge in [0.05, 0.1) is 11.0 Å². The second-order valence-electron chi connectivity index (χ2n) is 6.78. The fourth-order valence-electron chi connectivity index (χ4n) is 3.26. The molecule has 2 aromatic carbocycles. The third kappa shape index (κ3) is 4.03. The van der Waals surface area contributed by atoms with Crippen molar-refractivity contribution < 1.29 is 9.32 Å².